The van der Waals surface area contributed by atoms with E-state index in [2.05, 4.69) is 15.6 Å². The predicted octanol–water partition coefficient (Wildman–Crippen LogP) is 4.56. The molecule has 0 atom stereocenters. The largest absolute Gasteiger partial charge is 0.368 e. The Morgan fingerprint density at radius 2 is 1.90 bits per heavy atom. The second-order valence-corrected chi connectivity index (χ2v) is 7.94. The van der Waals surface area contributed by atoms with Gasteiger partial charge in [0.2, 0.25) is 0 Å². The molecule has 156 valence electrons. The number of hydrogen-bond donors (Lipinski definition) is 1. The van der Waals surface area contributed by atoms with Crippen molar-refractivity contribution in [3.05, 3.63) is 77.6 Å². The summed E-state index contributed by atoms with van der Waals surface area (Å²) < 4.78 is 18.2. The Balaban J connectivity index is 1.49. The molecule has 1 aliphatic rings. The Kier molecular flexibility index (Phi) is 4.86. The lowest BCUT2D eigenvalue weighted by molar-refractivity contribution is 0.0951. The van der Waals surface area contributed by atoms with Crippen LogP contribution < -0.4 is 10.2 Å². The van der Waals surface area contributed by atoms with Gasteiger partial charge in [-0.25, -0.2) is 9.02 Å². The van der Waals surface area contributed by atoms with Crippen molar-refractivity contribution in [1.82, 2.24) is 15.6 Å². The van der Waals surface area contributed by atoms with Gasteiger partial charge >= 0.3 is 0 Å². The third kappa shape index (κ3) is 4.12. The minimum absolute atomic E-state index is 0.0535. The molecule has 1 saturated carbocycles. The molecule has 0 unspecified atom stereocenters. The molecule has 3 aromatic carbocycles. The number of benzene rings is 3. The molecule has 31 heavy (non-hydrogen) atoms. The Bertz CT molecular complexity index is 1250. The summed E-state index contributed by atoms with van der Waals surface area (Å²) >= 11 is 0. The summed E-state index contributed by atoms with van der Waals surface area (Å²) in [6, 6.07) is 18.2. The van der Waals surface area contributed by atoms with Gasteiger partial charge in [-0.1, -0.05) is 24.3 Å². The summed E-state index contributed by atoms with van der Waals surface area (Å²) in [5, 5.41) is 11.1. The first-order valence-corrected chi connectivity index (χ1v) is 10.2. The fraction of sp³-hybridized carbons (Fsp3) is 0.208. The van der Waals surface area contributed by atoms with Crippen LogP contribution in [0.1, 0.15) is 28.8 Å². The second-order valence-electron chi connectivity index (χ2n) is 7.94. The van der Waals surface area contributed by atoms with E-state index < -0.39 is 0 Å². The van der Waals surface area contributed by atoms with Gasteiger partial charge in [0.25, 0.3) is 5.91 Å². The molecule has 1 aromatic heterocycles. The van der Waals surface area contributed by atoms with Crippen molar-refractivity contribution in [2.24, 2.45) is 0 Å². The van der Waals surface area contributed by atoms with E-state index >= 15 is 0 Å². The summed E-state index contributed by atoms with van der Waals surface area (Å²) in [6.45, 7) is 0.565. The van der Waals surface area contributed by atoms with Crippen molar-refractivity contribution in [2.75, 3.05) is 11.9 Å². The topological polar surface area (TPSA) is 71.3 Å². The van der Waals surface area contributed by atoms with Crippen molar-refractivity contribution < 1.29 is 13.8 Å². The first-order chi connectivity index (χ1) is 15.1. The second kappa shape index (κ2) is 7.83. The lowest BCUT2D eigenvalue weighted by Gasteiger charge is -2.20. The molecule has 4 aromatic rings. The number of nitrogens with one attached hydrogen (secondary N) is 1. The van der Waals surface area contributed by atoms with Gasteiger partial charge in [0.15, 0.2) is 5.52 Å². The summed E-state index contributed by atoms with van der Waals surface area (Å²) in [5.41, 5.74) is 5.53. The smallest absolute Gasteiger partial charge is 0.251 e. The first-order valence-electron chi connectivity index (χ1n) is 10.2. The van der Waals surface area contributed by atoms with Crippen molar-refractivity contribution in [3.63, 3.8) is 0 Å². The molecular weight excluding hydrogens is 395 g/mol. The van der Waals surface area contributed by atoms with Crippen LogP contribution in [0, 0.1) is 5.82 Å². The van der Waals surface area contributed by atoms with E-state index in [9.17, 15) is 9.18 Å². The van der Waals surface area contributed by atoms with E-state index in [1.54, 1.807) is 12.1 Å². The molecule has 1 fully saturated rings. The maximum absolute atomic E-state index is 13.2. The van der Waals surface area contributed by atoms with E-state index in [0.29, 0.717) is 29.2 Å². The van der Waals surface area contributed by atoms with Gasteiger partial charge in [0.05, 0.1) is 5.69 Å². The van der Waals surface area contributed by atoms with Crippen molar-refractivity contribution >= 4 is 22.6 Å². The maximum Gasteiger partial charge on any atom is 0.251 e. The highest BCUT2D eigenvalue weighted by atomic mass is 19.1. The average molecular weight is 416 g/mol. The Morgan fingerprint density at radius 1 is 1.10 bits per heavy atom. The van der Waals surface area contributed by atoms with E-state index in [4.69, 9.17) is 4.63 Å². The quantitative estimate of drug-likeness (QED) is 0.499. The number of nitrogens with zero attached hydrogens (tertiary/aromatic N) is 3. The fourth-order valence-electron chi connectivity index (χ4n) is 3.62. The van der Waals surface area contributed by atoms with Gasteiger partial charge in [-0.05, 0) is 76.2 Å². The highest BCUT2D eigenvalue weighted by Crippen LogP contribution is 2.32. The highest BCUT2D eigenvalue weighted by molar-refractivity contribution is 5.97. The zero-order valence-corrected chi connectivity index (χ0v) is 17.0. The molecule has 7 heteroatoms. The van der Waals surface area contributed by atoms with Crippen LogP contribution in [0.3, 0.4) is 0 Å². The number of halogens is 1. The van der Waals surface area contributed by atoms with Crippen LogP contribution in [-0.2, 0) is 6.54 Å². The highest BCUT2D eigenvalue weighted by Gasteiger charge is 2.24. The molecule has 1 N–H and O–H groups in total. The molecule has 0 saturated heterocycles. The Hall–Kier alpha value is -3.74. The number of amides is 1. The fourth-order valence-corrected chi connectivity index (χ4v) is 3.62. The van der Waals surface area contributed by atoms with E-state index in [1.807, 2.05) is 48.3 Å². The number of carbonyl (C=O) groups excluding carboxylic acids is 1. The van der Waals surface area contributed by atoms with Crippen LogP contribution in [0.25, 0.3) is 22.2 Å². The van der Waals surface area contributed by atoms with Crippen molar-refractivity contribution in [2.45, 2.75) is 25.4 Å². The van der Waals surface area contributed by atoms with Crippen LogP contribution in [0.15, 0.2) is 65.3 Å². The molecule has 0 spiro atoms. The van der Waals surface area contributed by atoms with E-state index in [1.165, 1.54) is 12.1 Å². The number of hydrogen-bond acceptors (Lipinski definition) is 5. The summed E-state index contributed by atoms with van der Waals surface area (Å²) in [7, 11) is 1.94. The zero-order chi connectivity index (χ0) is 21.4. The van der Waals surface area contributed by atoms with E-state index in [0.717, 1.165) is 35.2 Å². The van der Waals surface area contributed by atoms with Crippen LogP contribution in [0.2, 0.25) is 0 Å². The normalized spacial score (nSPS) is 13.4. The molecule has 1 amide bonds. The molecule has 0 radical (unpaired) electrons. The van der Waals surface area contributed by atoms with Gasteiger partial charge in [0.1, 0.15) is 11.3 Å². The standard InChI is InChI=1S/C24H21FN4O2/c1-29(14-15-5-7-19(25)8-6-15)22-13-18(12-21-23(22)28-31-27-21)16-3-2-4-17(11-16)24(30)26-20-9-10-20/h2-8,11-13,20H,9-10,14H2,1H3,(H,26,30). The molecule has 0 bridgehead atoms. The van der Waals surface area contributed by atoms with Crippen LogP contribution in [-0.4, -0.2) is 29.3 Å². The van der Waals surface area contributed by atoms with Gasteiger partial charge in [-0.3, -0.25) is 4.79 Å². The van der Waals surface area contributed by atoms with Gasteiger partial charge in [-0.2, -0.15) is 0 Å². The number of anilines is 1. The SMILES string of the molecule is CN(Cc1ccc(F)cc1)c1cc(-c2cccc(C(=O)NC3CC3)c2)cc2nonc12. The first kappa shape index (κ1) is 19.2. The third-order valence-electron chi connectivity index (χ3n) is 5.46. The molecule has 1 aliphatic carbocycles. The molecule has 1 heterocycles. The predicted molar refractivity (Wildman–Crippen MR) is 116 cm³/mol. The van der Waals surface area contributed by atoms with E-state index in [-0.39, 0.29) is 11.7 Å². The molecular formula is C24H21FN4O2. The molecule has 6 nitrogen and oxygen atoms in total. The van der Waals surface area contributed by atoms with Crippen LogP contribution in [0.4, 0.5) is 10.1 Å². The van der Waals surface area contributed by atoms with Crippen LogP contribution >= 0.6 is 0 Å². The van der Waals surface area contributed by atoms with Crippen molar-refractivity contribution in [1.29, 1.82) is 0 Å². The maximum atomic E-state index is 13.2. The lowest BCUT2D eigenvalue weighted by Crippen LogP contribution is -2.25. The summed E-state index contributed by atoms with van der Waals surface area (Å²) in [4.78, 5) is 14.5. The van der Waals surface area contributed by atoms with Crippen LogP contribution in [0.5, 0.6) is 0 Å². The zero-order valence-electron chi connectivity index (χ0n) is 17.0. The number of aromatic nitrogens is 2. The summed E-state index contributed by atoms with van der Waals surface area (Å²) in [6.07, 6.45) is 2.09. The molecule has 5 rings (SSSR count). The van der Waals surface area contributed by atoms with Gasteiger partial charge in [0, 0.05) is 25.2 Å². The minimum atomic E-state index is -0.262. The third-order valence-corrected chi connectivity index (χ3v) is 5.46. The van der Waals surface area contributed by atoms with Gasteiger partial charge in [-0.15, -0.1) is 0 Å². The monoisotopic (exact) mass is 416 g/mol. The Morgan fingerprint density at radius 3 is 2.68 bits per heavy atom. The van der Waals surface area contributed by atoms with Gasteiger partial charge < -0.3 is 10.2 Å². The number of fused-ring (bicyclic) bond motifs is 1. The lowest BCUT2D eigenvalue weighted by atomic mass is 10.0. The minimum Gasteiger partial charge on any atom is -0.368 e. The summed E-state index contributed by atoms with van der Waals surface area (Å²) in [5.74, 6) is -0.315. The number of rotatable bonds is 6. The average Bonchev–Trinajstić information content (AvgIpc) is 3.47. The number of carbonyl (C=O) groups is 1. The van der Waals surface area contributed by atoms with Crippen molar-refractivity contribution in [3.8, 4) is 11.1 Å². The molecule has 0 aliphatic heterocycles. The Labute approximate surface area is 178 Å².